The van der Waals surface area contributed by atoms with Crippen molar-refractivity contribution in [3.63, 3.8) is 0 Å². The van der Waals surface area contributed by atoms with Crippen LogP contribution in [-0.2, 0) is 21.3 Å². The molecule has 180 valence electrons. The SMILES string of the molecule is CC(C)c1nc(CCOC(N)=O)n(C=Cc2ccccc2)c1S(=O)(=O)Oc1cc(F)cc(F)c1. The molecule has 0 unspecified atom stereocenters. The lowest BCUT2D eigenvalue weighted by molar-refractivity contribution is 0.157. The molecule has 2 aromatic carbocycles. The molecule has 0 aliphatic heterocycles. The number of rotatable bonds is 9. The minimum absolute atomic E-state index is 0.0475. The molecule has 1 amide bonds. The number of aromatic nitrogens is 2. The Hall–Kier alpha value is -3.73. The Morgan fingerprint density at radius 2 is 1.79 bits per heavy atom. The van der Waals surface area contributed by atoms with Crippen molar-refractivity contribution in [2.75, 3.05) is 6.61 Å². The van der Waals surface area contributed by atoms with Crippen molar-refractivity contribution in [1.29, 1.82) is 0 Å². The quantitative estimate of drug-likeness (QED) is 0.446. The van der Waals surface area contributed by atoms with Gasteiger partial charge >= 0.3 is 16.2 Å². The molecule has 3 rings (SSSR count). The van der Waals surface area contributed by atoms with Gasteiger partial charge in [-0.15, -0.1) is 0 Å². The average molecular weight is 492 g/mol. The maximum atomic E-state index is 13.6. The first kappa shape index (κ1) is 24.9. The highest BCUT2D eigenvalue weighted by Crippen LogP contribution is 2.29. The third-order valence-electron chi connectivity index (χ3n) is 4.58. The van der Waals surface area contributed by atoms with Crippen LogP contribution in [0.2, 0.25) is 0 Å². The molecular weight excluding hydrogens is 468 g/mol. The Labute approximate surface area is 195 Å². The van der Waals surface area contributed by atoms with E-state index >= 15 is 0 Å². The second kappa shape index (κ2) is 10.5. The number of primary amides is 1. The van der Waals surface area contributed by atoms with E-state index in [-0.39, 0.29) is 35.5 Å². The van der Waals surface area contributed by atoms with Gasteiger partial charge in [0, 0.05) is 30.8 Å². The molecule has 0 aliphatic carbocycles. The third kappa shape index (κ3) is 6.19. The van der Waals surface area contributed by atoms with Gasteiger partial charge in [0.25, 0.3) is 0 Å². The Morgan fingerprint density at radius 3 is 2.38 bits per heavy atom. The van der Waals surface area contributed by atoms with Crippen molar-refractivity contribution in [2.24, 2.45) is 5.73 Å². The molecule has 8 nitrogen and oxygen atoms in total. The smallest absolute Gasteiger partial charge is 0.404 e. The highest BCUT2D eigenvalue weighted by atomic mass is 32.2. The van der Waals surface area contributed by atoms with Gasteiger partial charge < -0.3 is 14.7 Å². The van der Waals surface area contributed by atoms with Gasteiger partial charge in [0.2, 0.25) is 5.03 Å². The van der Waals surface area contributed by atoms with Gasteiger partial charge in [0.1, 0.15) is 29.8 Å². The maximum Gasteiger partial charge on any atom is 0.404 e. The normalized spacial score (nSPS) is 11.8. The fraction of sp³-hybridized carbons (Fsp3) is 0.217. The Kier molecular flexibility index (Phi) is 7.67. The fourth-order valence-corrected chi connectivity index (χ4v) is 4.52. The number of ether oxygens (including phenoxy) is 1. The molecule has 0 spiro atoms. The molecule has 2 N–H and O–H groups in total. The van der Waals surface area contributed by atoms with Crippen molar-refractivity contribution in [2.45, 2.75) is 31.2 Å². The molecule has 0 bridgehead atoms. The average Bonchev–Trinajstić information content (AvgIpc) is 3.11. The Morgan fingerprint density at radius 1 is 1.15 bits per heavy atom. The highest BCUT2D eigenvalue weighted by Gasteiger charge is 2.31. The summed E-state index contributed by atoms with van der Waals surface area (Å²) in [5, 5.41) is -0.312. The summed E-state index contributed by atoms with van der Waals surface area (Å²) in [6.45, 7) is 3.33. The number of halogens is 2. The predicted octanol–water partition coefficient (Wildman–Crippen LogP) is 4.32. The second-order valence-corrected chi connectivity index (χ2v) is 8.99. The molecule has 0 fully saturated rings. The molecule has 0 atom stereocenters. The van der Waals surface area contributed by atoms with Crippen LogP contribution in [-0.4, -0.2) is 30.7 Å². The van der Waals surface area contributed by atoms with Crippen molar-refractivity contribution in [1.82, 2.24) is 9.55 Å². The zero-order chi connectivity index (χ0) is 24.9. The first-order valence-electron chi connectivity index (χ1n) is 10.2. The van der Waals surface area contributed by atoms with Crippen LogP contribution in [0.25, 0.3) is 12.3 Å². The van der Waals surface area contributed by atoms with Crippen LogP contribution in [0.4, 0.5) is 13.6 Å². The molecule has 0 aliphatic rings. The van der Waals surface area contributed by atoms with E-state index in [0.29, 0.717) is 6.07 Å². The highest BCUT2D eigenvalue weighted by molar-refractivity contribution is 7.87. The van der Waals surface area contributed by atoms with Crippen molar-refractivity contribution >= 4 is 28.5 Å². The lowest BCUT2D eigenvalue weighted by Crippen LogP contribution is -2.18. The number of nitrogens with zero attached hydrogens (tertiary/aromatic N) is 2. The van der Waals surface area contributed by atoms with Gasteiger partial charge in [0.05, 0.1) is 5.69 Å². The van der Waals surface area contributed by atoms with Gasteiger partial charge in [-0.2, -0.15) is 8.42 Å². The van der Waals surface area contributed by atoms with Crippen molar-refractivity contribution < 1.29 is 30.9 Å². The van der Waals surface area contributed by atoms with E-state index in [1.807, 2.05) is 30.3 Å². The van der Waals surface area contributed by atoms with Gasteiger partial charge in [-0.05, 0) is 17.6 Å². The van der Waals surface area contributed by atoms with Crippen LogP contribution in [0.1, 0.15) is 36.8 Å². The van der Waals surface area contributed by atoms with Crippen LogP contribution in [0, 0.1) is 11.6 Å². The number of hydrogen-bond donors (Lipinski definition) is 1. The first-order chi connectivity index (χ1) is 16.1. The second-order valence-electron chi connectivity index (χ2n) is 7.53. The molecule has 1 heterocycles. The number of nitrogens with two attached hydrogens (primary N) is 1. The van der Waals surface area contributed by atoms with Crippen LogP contribution < -0.4 is 9.92 Å². The van der Waals surface area contributed by atoms with Crippen LogP contribution in [0.5, 0.6) is 5.75 Å². The van der Waals surface area contributed by atoms with E-state index in [1.54, 1.807) is 19.9 Å². The number of imidazole rings is 1. The minimum atomic E-state index is -4.59. The van der Waals surface area contributed by atoms with Gasteiger partial charge in [-0.3, -0.25) is 4.57 Å². The Balaban J connectivity index is 2.12. The fourth-order valence-electron chi connectivity index (χ4n) is 3.15. The summed E-state index contributed by atoms with van der Waals surface area (Å²) in [6.07, 6.45) is 2.21. The van der Waals surface area contributed by atoms with E-state index in [4.69, 9.17) is 14.7 Å². The minimum Gasteiger partial charge on any atom is -0.449 e. The van der Waals surface area contributed by atoms with Crippen molar-refractivity contribution in [3.8, 4) is 5.75 Å². The maximum absolute atomic E-state index is 13.6. The largest absolute Gasteiger partial charge is 0.449 e. The van der Waals surface area contributed by atoms with Gasteiger partial charge in [-0.25, -0.2) is 18.6 Å². The molecule has 3 aromatic rings. The predicted molar refractivity (Wildman–Crippen MR) is 121 cm³/mol. The summed E-state index contributed by atoms with van der Waals surface area (Å²) < 4.78 is 65.0. The molecule has 1 aromatic heterocycles. The van der Waals surface area contributed by atoms with E-state index in [1.165, 1.54) is 10.8 Å². The van der Waals surface area contributed by atoms with Crippen molar-refractivity contribution in [3.05, 3.63) is 77.2 Å². The topological polar surface area (TPSA) is 114 Å². The number of hydrogen-bond acceptors (Lipinski definition) is 6. The molecular formula is C23H23F2N3O5S. The molecule has 34 heavy (non-hydrogen) atoms. The molecule has 11 heteroatoms. The van der Waals surface area contributed by atoms with E-state index in [0.717, 1.165) is 17.7 Å². The van der Waals surface area contributed by atoms with Gasteiger partial charge in [-0.1, -0.05) is 44.2 Å². The number of carbonyl (C=O) groups excluding carboxylic acids is 1. The number of carbonyl (C=O) groups is 1. The van der Waals surface area contributed by atoms with Crippen LogP contribution >= 0.6 is 0 Å². The van der Waals surface area contributed by atoms with Gasteiger partial charge in [0.15, 0.2) is 0 Å². The summed E-state index contributed by atoms with van der Waals surface area (Å²) in [5.74, 6) is -2.61. The van der Waals surface area contributed by atoms with Crippen LogP contribution in [0.3, 0.4) is 0 Å². The zero-order valence-corrected chi connectivity index (χ0v) is 19.3. The third-order valence-corrected chi connectivity index (χ3v) is 5.87. The lowest BCUT2D eigenvalue weighted by atomic mass is 10.1. The van der Waals surface area contributed by atoms with Crippen LogP contribution in [0.15, 0.2) is 53.6 Å². The number of amides is 1. The summed E-state index contributed by atoms with van der Waals surface area (Å²) >= 11 is 0. The first-order valence-corrected chi connectivity index (χ1v) is 11.6. The van der Waals surface area contributed by atoms with E-state index < -0.39 is 33.6 Å². The van der Waals surface area contributed by atoms with E-state index in [9.17, 15) is 22.0 Å². The molecule has 0 saturated carbocycles. The summed E-state index contributed by atoms with van der Waals surface area (Å²) in [6, 6.07) is 11.2. The van der Waals surface area contributed by atoms with E-state index in [2.05, 4.69) is 4.98 Å². The zero-order valence-electron chi connectivity index (χ0n) is 18.4. The number of benzene rings is 2. The summed E-state index contributed by atoms with van der Waals surface area (Å²) in [7, 11) is -4.59. The summed E-state index contributed by atoms with van der Waals surface area (Å²) in [5.41, 5.74) is 5.96. The summed E-state index contributed by atoms with van der Waals surface area (Å²) in [4.78, 5) is 15.4. The molecule has 0 saturated heterocycles. The molecule has 0 radical (unpaired) electrons. The monoisotopic (exact) mass is 491 g/mol. The standard InChI is InChI=1S/C23H23F2N3O5S/c1-15(2)21-22(34(30,31)33-19-13-17(24)12-18(25)14-19)28(10-8-16-6-4-3-5-7-16)20(27-21)9-11-32-23(26)29/h3-8,10,12-15H,9,11H2,1-2H3,(H2,26,29). The Bertz CT molecular complexity index is 1290. The lowest BCUT2D eigenvalue weighted by Gasteiger charge is -2.12.